The molecule has 1 saturated carbocycles. The maximum Gasteiger partial charge on any atom is 0.405 e. The monoisotopic (exact) mass is 1280 g/mol. The Kier molecular flexibility index (Phi) is 13.6. The van der Waals surface area contributed by atoms with E-state index in [1.54, 1.807) is 24.3 Å². The number of esters is 3. The van der Waals surface area contributed by atoms with Gasteiger partial charge in [0, 0.05) is 7.14 Å². The van der Waals surface area contributed by atoms with Crippen molar-refractivity contribution in [2.24, 2.45) is 17.8 Å². The van der Waals surface area contributed by atoms with Crippen molar-refractivity contribution in [1.82, 2.24) is 0 Å². The van der Waals surface area contributed by atoms with Crippen molar-refractivity contribution in [3.63, 3.8) is 0 Å². The summed E-state index contributed by atoms with van der Waals surface area (Å²) in [6.07, 6.45) is -3.00. The van der Waals surface area contributed by atoms with E-state index in [4.69, 9.17) is 18.8 Å². The van der Waals surface area contributed by atoms with Crippen molar-refractivity contribution in [2.75, 3.05) is 0 Å². The summed E-state index contributed by atoms with van der Waals surface area (Å²) < 4.78 is 79.9. The lowest BCUT2D eigenvalue weighted by Gasteiger charge is -2.32. The van der Waals surface area contributed by atoms with Gasteiger partial charge < -0.3 is 14.2 Å². The number of carbonyl (C=O) groups is 3. The molecule has 42 heavy (non-hydrogen) atoms. The van der Waals surface area contributed by atoms with Crippen LogP contribution in [-0.2, 0) is 29.2 Å². The maximum absolute atomic E-state index is 14.1. The van der Waals surface area contributed by atoms with Gasteiger partial charge in [-0.25, -0.2) is 0 Å². The highest BCUT2D eigenvalue weighted by molar-refractivity contribution is 14.1. The zero-order valence-electron chi connectivity index (χ0n) is 20.9. The molecule has 0 amide bonds. The first kappa shape index (κ1) is 37.5. The van der Waals surface area contributed by atoms with Gasteiger partial charge in [-0.1, -0.05) is 0 Å². The summed E-state index contributed by atoms with van der Waals surface area (Å²) in [5.74, 6) is -5.42. The molecule has 0 spiro atoms. The molecule has 0 aliphatic heterocycles. The molecule has 1 aliphatic rings. The van der Waals surface area contributed by atoms with Gasteiger partial charge in [-0.2, -0.15) is 17.2 Å². The number of alkyl halides is 2. The third-order valence-electron chi connectivity index (χ3n) is 6.15. The lowest BCUT2D eigenvalue weighted by Crippen LogP contribution is -2.44. The molecule has 0 aromatic heterocycles. The van der Waals surface area contributed by atoms with E-state index in [-0.39, 0.29) is 19.3 Å². The van der Waals surface area contributed by atoms with Crippen LogP contribution in [0.3, 0.4) is 0 Å². The second kappa shape index (κ2) is 15.3. The van der Waals surface area contributed by atoms with Crippen LogP contribution in [0.5, 0.6) is 11.5 Å². The molecule has 0 radical (unpaired) electrons. The lowest BCUT2D eigenvalue weighted by atomic mass is 9.75. The Morgan fingerprint density at radius 2 is 1.07 bits per heavy atom. The normalized spacial score (nSPS) is 20.0. The SMILES string of the molecule is CC(OC(=O)C1CC(C(=O)Oc2c(I)cc(I)cc2I)CC(C(=O)Oc2c(I)cc(I)cc2I)C1)C(F)(F)S(=O)(=O)O. The number of hydrogen-bond acceptors (Lipinski definition) is 8. The number of halogens is 8. The molecule has 18 heteroatoms. The van der Waals surface area contributed by atoms with Crippen LogP contribution in [0.1, 0.15) is 26.2 Å². The predicted octanol–water partition coefficient (Wildman–Crippen LogP) is 7.27. The van der Waals surface area contributed by atoms with Gasteiger partial charge in [0.05, 0.1) is 32.0 Å². The molecule has 1 N–H and O–H groups in total. The van der Waals surface area contributed by atoms with E-state index in [9.17, 15) is 31.6 Å². The van der Waals surface area contributed by atoms with Crippen LogP contribution in [0, 0.1) is 39.2 Å². The smallest absolute Gasteiger partial charge is 0.405 e. The fraction of sp³-hybridized carbons (Fsp3) is 0.375. The summed E-state index contributed by atoms with van der Waals surface area (Å²) >= 11 is 12.3. The molecule has 3 atom stereocenters. The minimum atomic E-state index is -5.88. The molecule has 1 aliphatic carbocycles. The van der Waals surface area contributed by atoms with Gasteiger partial charge in [-0.3, -0.25) is 18.9 Å². The van der Waals surface area contributed by atoms with E-state index in [1.165, 1.54) is 0 Å². The summed E-state index contributed by atoms with van der Waals surface area (Å²) in [6, 6.07) is 7.20. The Hall–Kier alpha value is 1.00. The highest BCUT2D eigenvalue weighted by atomic mass is 127. The summed E-state index contributed by atoms with van der Waals surface area (Å²) in [5.41, 5.74) is 0. The van der Waals surface area contributed by atoms with Gasteiger partial charge in [-0.15, -0.1) is 0 Å². The van der Waals surface area contributed by atoms with E-state index < -0.39 is 57.1 Å². The molecule has 3 unspecified atom stereocenters. The van der Waals surface area contributed by atoms with E-state index >= 15 is 0 Å². The Labute approximate surface area is 321 Å². The van der Waals surface area contributed by atoms with Crippen LogP contribution in [0.2, 0.25) is 0 Å². The van der Waals surface area contributed by atoms with Crippen molar-refractivity contribution in [3.8, 4) is 11.5 Å². The molecule has 2 aromatic carbocycles. The van der Waals surface area contributed by atoms with Crippen LogP contribution in [-0.4, -0.2) is 42.2 Å². The van der Waals surface area contributed by atoms with Gasteiger partial charge in [0.2, 0.25) is 0 Å². The maximum atomic E-state index is 14.1. The molecule has 0 saturated heterocycles. The number of rotatable bonds is 8. The molecule has 0 bridgehead atoms. The molecule has 3 rings (SSSR count). The van der Waals surface area contributed by atoms with Crippen LogP contribution in [0.25, 0.3) is 0 Å². The van der Waals surface area contributed by atoms with Crippen molar-refractivity contribution in [2.45, 2.75) is 37.5 Å². The minimum Gasteiger partial charge on any atom is -0.455 e. The standard InChI is InChI=1S/C24H18F2I6O9S/c1-9(24(25,26)42(36,37)38)39-21(33)10-2-11(22(34)40-19-15(29)5-13(27)6-16(19)30)4-12(3-10)23(35)41-20-17(31)7-14(28)8-18(20)32/h5-12H,2-4H2,1H3,(H,36,37,38). The van der Waals surface area contributed by atoms with Crippen molar-refractivity contribution in [1.29, 1.82) is 0 Å². The number of carbonyl (C=O) groups excluding carboxylic acids is 3. The van der Waals surface area contributed by atoms with Crippen LogP contribution < -0.4 is 9.47 Å². The van der Waals surface area contributed by atoms with Gasteiger partial charge in [0.1, 0.15) is 0 Å². The Bertz CT molecular complexity index is 1400. The van der Waals surface area contributed by atoms with Gasteiger partial charge in [0.15, 0.2) is 17.6 Å². The molecular formula is C24H18F2I6O9S. The third-order valence-corrected chi connectivity index (χ3v) is 11.6. The largest absolute Gasteiger partial charge is 0.455 e. The van der Waals surface area contributed by atoms with E-state index in [2.05, 4.69) is 45.2 Å². The zero-order chi connectivity index (χ0) is 31.7. The zero-order valence-corrected chi connectivity index (χ0v) is 34.6. The average molecular weight is 1280 g/mol. The molecule has 2 aromatic rings. The Balaban J connectivity index is 1.89. The first-order valence-corrected chi connectivity index (χ1v) is 19.5. The molecule has 0 heterocycles. The van der Waals surface area contributed by atoms with Crippen molar-refractivity contribution >= 4 is 164 Å². The minimum absolute atomic E-state index is 0.0484. The van der Waals surface area contributed by atoms with Gasteiger partial charge >= 0.3 is 33.3 Å². The number of benzene rings is 2. The number of ether oxygens (including phenoxy) is 3. The summed E-state index contributed by atoms with van der Waals surface area (Å²) in [7, 11) is -5.88. The Morgan fingerprint density at radius 3 is 1.38 bits per heavy atom. The van der Waals surface area contributed by atoms with E-state index in [0.29, 0.717) is 32.7 Å². The van der Waals surface area contributed by atoms with Crippen LogP contribution in [0.4, 0.5) is 8.78 Å². The second-order valence-electron chi connectivity index (χ2n) is 9.15. The quantitative estimate of drug-likeness (QED) is 0.126. The second-order valence-corrected chi connectivity index (χ2v) is 17.8. The first-order valence-electron chi connectivity index (χ1n) is 11.6. The molecule has 1 fully saturated rings. The topological polar surface area (TPSA) is 133 Å². The molecule has 230 valence electrons. The molecular weight excluding hydrogens is 1260 g/mol. The highest BCUT2D eigenvalue weighted by Gasteiger charge is 2.53. The summed E-state index contributed by atoms with van der Waals surface area (Å²) in [4.78, 5) is 39.7. The van der Waals surface area contributed by atoms with Crippen molar-refractivity contribution in [3.05, 3.63) is 45.7 Å². The van der Waals surface area contributed by atoms with Gasteiger partial charge in [-0.05, 0) is 186 Å². The van der Waals surface area contributed by atoms with E-state index in [1.807, 2.05) is 90.4 Å². The van der Waals surface area contributed by atoms with Crippen molar-refractivity contribution < 1.29 is 50.3 Å². The first-order chi connectivity index (χ1) is 19.3. The highest BCUT2D eigenvalue weighted by Crippen LogP contribution is 2.39. The fourth-order valence-electron chi connectivity index (χ4n) is 4.07. The van der Waals surface area contributed by atoms with Crippen LogP contribution >= 0.6 is 136 Å². The van der Waals surface area contributed by atoms with E-state index in [0.717, 1.165) is 7.14 Å². The third kappa shape index (κ3) is 9.30. The predicted molar refractivity (Wildman–Crippen MR) is 197 cm³/mol. The average Bonchev–Trinajstić information content (AvgIpc) is 2.86. The Morgan fingerprint density at radius 1 is 0.762 bits per heavy atom. The van der Waals surface area contributed by atoms with Crippen LogP contribution in [0.15, 0.2) is 24.3 Å². The van der Waals surface area contributed by atoms with Gasteiger partial charge in [0.25, 0.3) is 0 Å². The summed E-state index contributed by atoms with van der Waals surface area (Å²) in [5, 5.41) is -4.77. The number of hydrogen-bond donors (Lipinski definition) is 1. The lowest BCUT2D eigenvalue weighted by molar-refractivity contribution is -0.168. The molecule has 9 nitrogen and oxygen atoms in total. The summed E-state index contributed by atoms with van der Waals surface area (Å²) in [6.45, 7) is 0.618. The fourth-order valence-corrected chi connectivity index (χ4v) is 12.1.